The highest BCUT2D eigenvalue weighted by molar-refractivity contribution is 14.0. The van der Waals surface area contributed by atoms with Gasteiger partial charge in [-0.05, 0) is 19.1 Å². The van der Waals surface area contributed by atoms with Gasteiger partial charge in [0.1, 0.15) is 11.3 Å². The quantitative estimate of drug-likeness (QED) is 0.360. The first kappa shape index (κ1) is 16.6. The molecule has 0 amide bonds. The number of nitrogens with zero attached hydrogens (tertiary/aromatic N) is 1. The van der Waals surface area contributed by atoms with Crippen LogP contribution in [-0.4, -0.2) is 19.0 Å². The van der Waals surface area contributed by atoms with E-state index < -0.39 is 0 Å². The zero-order valence-electron chi connectivity index (χ0n) is 11.6. The average Bonchev–Trinajstić information content (AvgIpc) is 2.79. The number of para-hydroxylation sites is 1. The molecular formula is C15H20IN3O. The van der Waals surface area contributed by atoms with Crippen molar-refractivity contribution >= 4 is 40.9 Å². The van der Waals surface area contributed by atoms with Gasteiger partial charge in [0.2, 0.25) is 0 Å². The van der Waals surface area contributed by atoms with Crippen molar-refractivity contribution in [3.63, 3.8) is 0 Å². The number of hydrogen-bond acceptors (Lipinski definition) is 2. The molecule has 0 aliphatic rings. The molecule has 2 rings (SSSR count). The molecule has 0 atom stereocenters. The van der Waals surface area contributed by atoms with Gasteiger partial charge in [0.15, 0.2) is 5.96 Å². The molecule has 0 bridgehead atoms. The van der Waals surface area contributed by atoms with E-state index in [9.17, 15) is 0 Å². The van der Waals surface area contributed by atoms with Gasteiger partial charge in [0, 0.05) is 18.4 Å². The van der Waals surface area contributed by atoms with Gasteiger partial charge in [-0.2, -0.15) is 0 Å². The Morgan fingerprint density at radius 3 is 2.85 bits per heavy atom. The van der Waals surface area contributed by atoms with E-state index in [0.29, 0.717) is 19.0 Å². The predicted molar refractivity (Wildman–Crippen MR) is 94.6 cm³/mol. The van der Waals surface area contributed by atoms with E-state index in [4.69, 9.17) is 10.2 Å². The Balaban J connectivity index is 0.00000200. The molecule has 1 aromatic heterocycles. The Bertz CT molecular complexity index is 571. The highest BCUT2D eigenvalue weighted by Gasteiger charge is 2.02. The number of nitrogens with two attached hydrogens (primary N) is 1. The third-order valence-electron chi connectivity index (χ3n) is 2.67. The lowest BCUT2D eigenvalue weighted by Gasteiger charge is -2.03. The van der Waals surface area contributed by atoms with Crippen molar-refractivity contribution in [1.82, 2.24) is 5.32 Å². The highest BCUT2D eigenvalue weighted by atomic mass is 127. The van der Waals surface area contributed by atoms with Crippen molar-refractivity contribution in [3.05, 3.63) is 48.2 Å². The van der Waals surface area contributed by atoms with Crippen LogP contribution in [0.2, 0.25) is 0 Å². The third-order valence-corrected chi connectivity index (χ3v) is 2.67. The number of halogens is 1. The molecule has 1 aromatic carbocycles. The maximum absolute atomic E-state index is 5.73. The van der Waals surface area contributed by atoms with Crippen LogP contribution in [0.15, 0.2) is 51.9 Å². The zero-order chi connectivity index (χ0) is 13.7. The normalized spacial score (nSPS) is 11.2. The second-order valence-electron chi connectivity index (χ2n) is 4.59. The SMILES string of the molecule is C=C(C)CN=C(N)NCCc1cc2ccccc2o1.I. The third kappa shape index (κ3) is 4.88. The minimum Gasteiger partial charge on any atom is -0.461 e. The van der Waals surface area contributed by atoms with Gasteiger partial charge in [-0.3, -0.25) is 0 Å². The monoisotopic (exact) mass is 385 g/mol. The van der Waals surface area contributed by atoms with Crippen molar-refractivity contribution in [2.45, 2.75) is 13.3 Å². The summed E-state index contributed by atoms with van der Waals surface area (Å²) >= 11 is 0. The van der Waals surface area contributed by atoms with Gasteiger partial charge in [-0.15, -0.1) is 24.0 Å². The Morgan fingerprint density at radius 2 is 2.15 bits per heavy atom. The van der Waals surface area contributed by atoms with Crippen LogP contribution in [0.4, 0.5) is 0 Å². The smallest absolute Gasteiger partial charge is 0.188 e. The maximum Gasteiger partial charge on any atom is 0.188 e. The van der Waals surface area contributed by atoms with E-state index in [0.717, 1.165) is 28.7 Å². The van der Waals surface area contributed by atoms with Gasteiger partial charge in [0.25, 0.3) is 0 Å². The summed E-state index contributed by atoms with van der Waals surface area (Å²) in [6, 6.07) is 10.0. The van der Waals surface area contributed by atoms with Crippen LogP contribution in [0.3, 0.4) is 0 Å². The summed E-state index contributed by atoms with van der Waals surface area (Å²) in [7, 11) is 0. The summed E-state index contributed by atoms with van der Waals surface area (Å²) in [4.78, 5) is 4.15. The number of nitrogens with one attached hydrogen (secondary N) is 1. The summed E-state index contributed by atoms with van der Waals surface area (Å²) in [5.41, 5.74) is 7.63. The minimum absolute atomic E-state index is 0. The van der Waals surface area contributed by atoms with Crippen LogP contribution in [0, 0.1) is 0 Å². The Morgan fingerprint density at radius 1 is 1.40 bits per heavy atom. The van der Waals surface area contributed by atoms with Crippen molar-refractivity contribution in [1.29, 1.82) is 0 Å². The lowest BCUT2D eigenvalue weighted by molar-refractivity contribution is 0.545. The van der Waals surface area contributed by atoms with E-state index in [2.05, 4.69) is 23.0 Å². The summed E-state index contributed by atoms with van der Waals surface area (Å²) in [6.45, 7) is 6.95. The van der Waals surface area contributed by atoms with Crippen molar-refractivity contribution < 1.29 is 4.42 Å². The number of furan rings is 1. The summed E-state index contributed by atoms with van der Waals surface area (Å²) < 4.78 is 5.71. The predicted octanol–water partition coefficient (Wildman–Crippen LogP) is 3.07. The molecule has 1 heterocycles. The Labute approximate surface area is 136 Å². The van der Waals surface area contributed by atoms with Gasteiger partial charge in [-0.25, -0.2) is 4.99 Å². The van der Waals surface area contributed by atoms with E-state index >= 15 is 0 Å². The molecule has 0 saturated heterocycles. The first-order chi connectivity index (χ1) is 9.15. The van der Waals surface area contributed by atoms with E-state index in [1.54, 1.807) is 0 Å². The van der Waals surface area contributed by atoms with E-state index in [1.165, 1.54) is 0 Å². The molecule has 0 fully saturated rings. The number of fused-ring (bicyclic) bond motifs is 1. The topological polar surface area (TPSA) is 63.5 Å². The van der Waals surface area contributed by atoms with Crippen molar-refractivity contribution in [3.8, 4) is 0 Å². The summed E-state index contributed by atoms with van der Waals surface area (Å²) in [5, 5.41) is 4.18. The molecule has 0 unspecified atom stereocenters. The number of hydrogen-bond donors (Lipinski definition) is 2. The van der Waals surface area contributed by atoms with Crippen LogP contribution in [0.5, 0.6) is 0 Å². The molecule has 2 aromatic rings. The van der Waals surface area contributed by atoms with Gasteiger partial charge in [-0.1, -0.05) is 30.4 Å². The van der Waals surface area contributed by atoms with Crippen LogP contribution in [0.1, 0.15) is 12.7 Å². The fourth-order valence-corrected chi connectivity index (χ4v) is 1.75. The Hall–Kier alpha value is -1.50. The number of aliphatic imine (C=N–C) groups is 1. The molecule has 5 heteroatoms. The fourth-order valence-electron chi connectivity index (χ4n) is 1.75. The van der Waals surface area contributed by atoms with Crippen LogP contribution in [-0.2, 0) is 6.42 Å². The van der Waals surface area contributed by atoms with Gasteiger partial charge >= 0.3 is 0 Å². The first-order valence-corrected chi connectivity index (χ1v) is 6.31. The molecule has 0 aliphatic heterocycles. The van der Waals surface area contributed by atoms with Crippen LogP contribution in [0.25, 0.3) is 11.0 Å². The van der Waals surface area contributed by atoms with E-state index in [1.807, 2.05) is 31.2 Å². The van der Waals surface area contributed by atoms with Crippen molar-refractivity contribution in [2.24, 2.45) is 10.7 Å². The zero-order valence-corrected chi connectivity index (χ0v) is 13.9. The second kappa shape index (κ2) is 7.94. The molecule has 0 saturated carbocycles. The maximum atomic E-state index is 5.73. The highest BCUT2D eigenvalue weighted by Crippen LogP contribution is 2.18. The molecular weight excluding hydrogens is 365 g/mol. The average molecular weight is 385 g/mol. The molecule has 20 heavy (non-hydrogen) atoms. The molecule has 0 spiro atoms. The van der Waals surface area contributed by atoms with E-state index in [-0.39, 0.29) is 24.0 Å². The lowest BCUT2D eigenvalue weighted by atomic mass is 10.2. The van der Waals surface area contributed by atoms with Crippen molar-refractivity contribution in [2.75, 3.05) is 13.1 Å². The summed E-state index contributed by atoms with van der Waals surface area (Å²) in [6.07, 6.45) is 0.776. The Kier molecular flexibility index (Phi) is 6.57. The first-order valence-electron chi connectivity index (χ1n) is 6.31. The summed E-state index contributed by atoms with van der Waals surface area (Å²) in [5.74, 6) is 1.39. The number of benzene rings is 1. The molecule has 108 valence electrons. The lowest BCUT2D eigenvalue weighted by Crippen LogP contribution is -2.33. The van der Waals surface area contributed by atoms with Gasteiger partial charge in [0.05, 0.1) is 6.54 Å². The second-order valence-corrected chi connectivity index (χ2v) is 4.59. The minimum atomic E-state index is 0. The fraction of sp³-hybridized carbons (Fsp3) is 0.267. The number of rotatable bonds is 5. The van der Waals surface area contributed by atoms with Crippen LogP contribution >= 0.6 is 24.0 Å². The molecule has 3 N–H and O–H groups in total. The standard InChI is InChI=1S/C15H19N3O.HI/c1-11(2)10-18-15(16)17-8-7-13-9-12-5-3-4-6-14(12)19-13;/h3-6,9H,1,7-8,10H2,2H3,(H3,16,17,18);1H. The van der Waals surface area contributed by atoms with Crippen LogP contribution < -0.4 is 11.1 Å². The number of guanidine groups is 1. The molecule has 0 aliphatic carbocycles. The largest absolute Gasteiger partial charge is 0.461 e. The molecule has 0 radical (unpaired) electrons. The van der Waals surface area contributed by atoms with Gasteiger partial charge < -0.3 is 15.5 Å². The molecule has 4 nitrogen and oxygen atoms in total.